The van der Waals surface area contributed by atoms with Crippen molar-refractivity contribution in [2.24, 2.45) is 0 Å². The van der Waals surface area contributed by atoms with Crippen LogP contribution >= 0.6 is 0 Å². The first-order chi connectivity index (χ1) is 11.4. The van der Waals surface area contributed by atoms with Gasteiger partial charge >= 0.3 is 6.09 Å². The molecule has 1 aliphatic rings. The van der Waals surface area contributed by atoms with Crippen molar-refractivity contribution in [3.63, 3.8) is 0 Å². The molecular formula is C20H32N2O2. The molecule has 0 saturated heterocycles. The van der Waals surface area contributed by atoms with Crippen LogP contribution in [0.15, 0.2) is 30.3 Å². The van der Waals surface area contributed by atoms with Crippen LogP contribution in [-0.2, 0) is 11.3 Å². The second-order valence-electron chi connectivity index (χ2n) is 7.67. The summed E-state index contributed by atoms with van der Waals surface area (Å²) in [5.41, 5.74) is 0.677. The van der Waals surface area contributed by atoms with E-state index in [9.17, 15) is 4.79 Å². The molecule has 1 amide bonds. The minimum absolute atomic E-state index is 0.200. The summed E-state index contributed by atoms with van der Waals surface area (Å²) in [4.78, 5) is 14.7. The SMILES string of the molecule is CCN[C@H]1CCC[C@@H](N(Cc2ccccc2)C(=O)OC(C)(C)C)C1. The predicted octanol–water partition coefficient (Wildman–Crippen LogP) is 4.34. The van der Waals surface area contributed by atoms with Gasteiger partial charge in [0.15, 0.2) is 0 Å². The van der Waals surface area contributed by atoms with Crippen molar-refractivity contribution < 1.29 is 9.53 Å². The van der Waals surface area contributed by atoms with Crippen molar-refractivity contribution in [1.82, 2.24) is 10.2 Å². The summed E-state index contributed by atoms with van der Waals surface area (Å²) in [6.07, 6.45) is 4.19. The van der Waals surface area contributed by atoms with Gasteiger partial charge in [-0.2, -0.15) is 0 Å². The molecule has 1 aromatic rings. The third-order valence-corrected chi connectivity index (χ3v) is 4.40. The molecule has 4 heteroatoms. The van der Waals surface area contributed by atoms with Gasteiger partial charge in [-0.1, -0.05) is 37.3 Å². The Bertz CT molecular complexity index is 508. The van der Waals surface area contributed by atoms with Gasteiger partial charge in [0.05, 0.1) is 0 Å². The first kappa shape index (κ1) is 18.8. The maximum atomic E-state index is 12.8. The van der Waals surface area contributed by atoms with Gasteiger partial charge < -0.3 is 15.0 Å². The molecule has 0 aromatic heterocycles. The van der Waals surface area contributed by atoms with E-state index in [-0.39, 0.29) is 12.1 Å². The van der Waals surface area contributed by atoms with E-state index < -0.39 is 5.60 Å². The molecule has 1 fully saturated rings. The first-order valence-electron chi connectivity index (χ1n) is 9.16. The molecule has 0 bridgehead atoms. The van der Waals surface area contributed by atoms with Gasteiger partial charge in [0.2, 0.25) is 0 Å². The summed E-state index contributed by atoms with van der Waals surface area (Å²) < 4.78 is 5.69. The normalized spacial score (nSPS) is 21.3. The summed E-state index contributed by atoms with van der Waals surface area (Å²) in [6, 6.07) is 10.9. The Morgan fingerprint density at radius 3 is 2.58 bits per heavy atom. The highest BCUT2D eigenvalue weighted by Gasteiger charge is 2.32. The Labute approximate surface area is 146 Å². The summed E-state index contributed by atoms with van der Waals surface area (Å²) in [7, 11) is 0. The molecule has 0 radical (unpaired) electrons. The molecule has 2 atom stereocenters. The minimum Gasteiger partial charge on any atom is -0.444 e. The average molecular weight is 332 g/mol. The zero-order valence-electron chi connectivity index (χ0n) is 15.5. The van der Waals surface area contributed by atoms with Gasteiger partial charge in [0, 0.05) is 18.6 Å². The topological polar surface area (TPSA) is 41.6 Å². The Kier molecular flexibility index (Phi) is 6.67. The molecule has 1 aromatic carbocycles. The highest BCUT2D eigenvalue weighted by molar-refractivity contribution is 5.68. The van der Waals surface area contributed by atoms with Crippen molar-refractivity contribution >= 4 is 6.09 Å². The van der Waals surface area contributed by atoms with E-state index in [2.05, 4.69) is 24.4 Å². The number of amides is 1. The molecule has 0 heterocycles. The molecule has 24 heavy (non-hydrogen) atoms. The van der Waals surface area contributed by atoms with E-state index in [4.69, 9.17) is 4.74 Å². The quantitative estimate of drug-likeness (QED) is 0.872. The van der Waals surface area contributed by atoms with Crippen LogP contribution in [0.5, 0.6) is 0 Å². The smallest absolute Gasteiger partial charge is 0.410 e. The molecule has 2 rings (SSSR count). The maximum Gasteiger partial charge on any atom is 0.410 e. The number of hydrogen-bond donors (Lipinski definition) is 1. The minimum atomic E-state index is -0.470. The maximum absolute atomic E-state index is 12.8. The molecule has 1 N–H and O–H groups in total. The molecule has 4 nitrogen and oxygen atoms in total. The summed E-state index contributed by atoms with van der Waals surface area (Å²) in [6.45, 7) is 9.50. The molecule has 0 aliphatic heterocycles. The molecule has 1 aliphatic carbocycles. The van der Waals surface area contributed by atoms with E-state index >= 15 is 0 Å². The van der Waals surface area contributed by atoms with Gasteiger partial charge in [-0.05, 0) is 58.6 Å². The van der Waals surface area contributed by atoms with Crippen LogP contribution in [0, 0.1) is 0 Å². The van der Waals surface area contributed by atoms with Crippen LogP contribution in [0.25, 0.3) is 0 Å². The fraction of sp³-hybridized carbons (Fsp3) is 0.650. The van der Waals surface area contributed by atoms with Gasteiger partial charge in [0.25, 0.3) is 0 Å². The Hall–Kier alpha value is -1.55. The van der Waals surface area contributed by atoms with Crippen LogP contribution in [0.2, 0.25) is 0 Å². The van der Waals surface area contributed by atoms with E-state index in [1.54, 1.807) is 0 Å². The second-order valence-corrected chi connectivity index (χ2v) is 7.67. The average Bonchev–Trinajstić information content (AvgIpc) is 2.52. The number of nitrogens with one attached hydrogen (secondary N) is 1. The van der Waals surface area contributed by atoms with Gasteiger partial charge in [0.1, 0.15) is 5.60 Å². The molecule has 0 spiro atoms. The largest absolute Gasteiger partial charge is 0.444 e. The second kappa shape index (κ2) is 8.52. The Balaban J connectivity index is 2.13. The van der Waals surface area contributed by atoms with Crippen LogP contribution in [0.1, 0.15) is 58.9 Å². The monoisotopic (exact) mass is 332 g/mol. The summed E-state index contributed by atoms with van der Waals surface area (Å²) in [5, 5.41) is 3.54. The van der Waals surface area contributed by atoms with Crippen LogP contribution < -0.4 is 5.32 Å². The highest BCUT2D eigenvalue weighted by atomic mass is 16.6. The summed E-state index contributed by atoms with van der Waals surface area (Å²) >= 11 is 0. The van der Waals surface area contributed by atoms with Gasteiger partial charge in [-0.15, -0.1) is 0 Å². The van der Waals surface area contributed by atoms with Crippen LogP contribution in [0.3, 0.4) is 0 Å². The number of rotatable bonds is 5. The van der Waals surface area contributed by atoms with E-state index in [0.717, 1.165) is 31.4 Å². The Morgan fingerprint density at radius 1 is 1.25 bits per heavy atom. The van der Waals surface area contributed by atoms with Crippen molar-refractivity contribution in [2.45, 2.75) is 77.6 Å². The first-order valence-corrected chi connectivity index (χ1v) is 9.16. The third-order valence-electron chi connectivity index (χ3n) is 4.40. The molecule has 134 valence electrons. The number of hydrogen-bond acceptors (Lipinski definition) is 3. The fourth-order valence-corrected chi connectivity index (χ4v) is 3.36. The number of ether oxygens (including phenoxy) is 1. The van der Waals surface area contributed by atoms with E-state index in [1.807, 2.05) is 43.9 Å². The lowest BCUT2D eigenvalue weighted by Gasteiger charge is -2.38. The van der Waals surface area contributed by atoms with Crippen molar-refractivity contribution in [2.75, 3.05) is 6.54 Å². The Morgan fingerprint density at radius 2 is 1.96 bits per heavy atom. The fourth-order valence-electron chi connectivity index (χ4n) is 3.36. The summed E-state index contributed by atoms with van der Waals surface area (Å²) in [5.74, 6) is 0. The van der Waals surface area contributed by atoms with Crippen LogP contribution in [-0.4, -0.2) is 35.2 Å². The molecular weight excluding hydrogens is 300 g/mol. The number of carbonyl (C=O) groups excluding carboxylic acids is 1. The van der Waals surface area contributed by atoms with Crippen molar-refractivity contribution in [1.29, 1.82) is 0 Å². The zero-order chi connectivity index (χ0) is 17.6. The number of carbonyl (C=O) groups is 1. The standard InChI is InChI=1S/C20H32N2O2/c1-5-21-17-12-9-13-18(14-17)22(19(23)24-20(2,3)4)15-16-10-7-6-8-11-16/h6-8,10-11,17-18,21H,5,9,12-15H2,1-4H3/t17-,18+/m0/s1. The van der Waals surface area contributed by atoms with Crippen molar-refractivity contribution in [3.05, 3.63) is 35.9 Å². The van der Waals surface area contributed by atoms with Crippen molar-refractivity contribution in [3.8, 4) is 0 Å². The van der Waals surface area contributed by atoms with Gasteiger partial charge in [-0.3, -0.25) is 0 Å². The highest BCUT2D eigenvalue weighted by Crippen LogP contribution is 2.26. The van der Waals surface area contributed by atoms with E-state index in [1.165, 1.54) is 6.42 Å². The number of nitrogens with zero attached hydrogens (tertiary/aromatic N) is 1. The lowest BCUT2D eigenvalue weighted by Crippen LogP contribution is -2.48. The third kappa shape index (κ3) is 5.82. The molecule has 0 unspecified atom stereocenters. The molecule has 1 saturated carbocycles. The lowest BCUT2D eigenvalue weighted by molar-refractivity contribution is 0.00837. The lowest BCUT2D eigenvalue weighted by atomic mass is 9.89. The van der Waals surface area contributed by atoms with Crippen LogP contribution in [0.4, 0.5) is 4.79 Å². The zero-order valence-corrected chi connectivity index (χ0v) is 15.5. The van der Waals surface area contributed by atoms with Gasteiger partial charge in [-0.25, -0.2) is 4.79 Å². The van der Waals surface area contributed by atoms with E-state index in [0.29, 0.717) is 12.6 Å². The number of benzene rings is 1. The predicted molar refractivity (Wildman–Crippen MR) is 97.9 cm³/mol.